The molecule has 0 saturated carbocycles. The second kappa shape index (κ2) is 5.40. The van der Waals surface area contributed by atoms with Gasteiger partial charge in [0.05, 0.1) is 6.42 Å². The Morgan fingerprint density at radius 1 is 1.14 bits per heavy atom. The van der Waals surface area contributed by atoms with Crippen molar-refractivity contribution in [3.63, 3.8) is 0 Å². The maximum absolute atomic E-state index is 10.9. The number of aliphatic carboxylic acids is 1. The molecule has 0 amide bonds. The van der Waals surface area contributed by atoms with Gasteiger partial charge in [-0.15, -0.1) is 0 Å². The van der Waals surface area contributed by atoms with Crippen molar-refractivity contribution in [1.82, 2.24) is 0 Å². The molecule has 1 radical (unpaired) electrons. The first-order valence-electron chi connectivity index (χ1n) is 6.63. The van der Waals surface area contributed by atoms with E-state index in [4.69, 9.17) is 9.84 Å². The highest BCUT2D eigenvalue weighted by atomic mass is 16.5. The lowest BCUT2D eigenvalue weighted by molar-refractivity contribution is -0.136. The van der Waals surface area contributed by atoms with Crippen LogP contribution in [-0.4, -0.2) is 24.2 Å². The van der Waals surface area contributed by atoms with Crippen LogP contribution in [0.15, 0.2) is 42.5 Å². The smallest absolute Gasteiger partial charge is 0.417 e. The number of carbonyl (C=O) groups is 1. The van der Waals surface area contributed by atoms with Crippen molar-refractivity contribution >= 4 is 12.4 Å². The lowest BCUT2D eigenvalue weighted by Gasteiger charge is -2.12. The van der Waals surface area contributed by atoms with E-state index in [-0.39, 0.29) is 18.9 Å². The molecule has 0 aromatic heterocycles. The molecular formula is C17H13O4. The summed E-state index contributed by atoms with van der Waals surface area (Å²) < 4.78 is 4.83. The Balaban J connectivity index is 2.06. The van der Waals surface area contributed by atoms with Crippen LogP contribution in [-0.2, 0) is 20.7 Å². The van der Waals surface area contributed by atoms with Gasteiger partial charge in [-0.05, 0) is 27.8 Å². The predicted octanol–water partition coefficient (Wildman–Crippen LogP) is 2.51. The molecule has 0 fully saturated rings. The zero-order valence-electron chi connectivity index (χ0n) is 11.2. The minimum absolute atomic E-state index is 0.0169. The monoisotopic (exact) mass is 281 g/mol. The average molecular weight is 281 g/mol. The van der Waals surface area contributed by atoms with Crippen LogP contribution in [0.5, 0.6) is 0 Å². The van der Waals surface area contributed by atoms with Gasteiger partial charge in [0.1, 0.15) is 6.61 Å². The topological polar surface area (TPSA) is 63.6 Å². The summed E-state index contributed by atoms with van der Waals surface area (Å²) in [5.74, 6) is -0.925. The van der Waals surface area contributed by atoms with Gasteiger partial charge in [0, 0.05) is 5.92 Å². The Morgan fingerprint density at radius 3 is 2.67 bits per heavy atom. The van der Waals surface area contributed by atoms with Crippen LogP contribution in [0.4, 0.5) is 0 Å². The van der Waals surface area contributed by atoms with E-state index in [1.54, 1.807) is 0 Å². The van der Waals surface area contributed by atoms with Gasteiger partial charge >= 0.3 is 12.4 Å². The zero-order chi connectivity index (χ0) is 14.8. The summed E-state index contributed by atoms with van der Waals surface area (Å²) in [6.45, 7) is 1.67. The number of carboxylic acids is 1. The molecule has 1 atom stereocenters. The second-order valence-electron chi connectivity index (χ2n) is 5.03. The number of benzene rings is 2. The fraction of sp³-hybridized carbons (Fsp3) is 0.176. The number of hydrogen-bond acceptors (Lipinski definition) is 3. The van der Waals surface area contributed by atoms with E-state index in [0.717, 1.165) is 27.8 Å². The van der Waals surface area contributed by atoms with Crippen LogP contribution in [0, 0.1) is 0 Å². The number of ether oxygens (including phenoxy) is 1. The summed E-state index contributed by atoms with van der Waals surface area (Å²) in [7, 11) is 0. The molecule has 1 unspecified atom stereocenters. The van der Waals surface area contributed by atoms with Crippen LogP contribution in [0.25, 0.3) is 11.1 Å². The number of rotatable bonds is 5. The minimum Gasteiger partial charge on any atom is -0.481 e. The molecule has 4 nitrogen and oxygen atoms in total. The highest BCUT2D eigenvalue weighted by molar-refractivity contribution is 5.80. The van der Waals surface area contributed by atoms with Crippen molar-refractivity contribution in [3.8, 4) is 11.1 Å². The van der Waals surface area contributed by atoms with Crippen molar-refractivity contribution in [2.24, 2.45) is 0 Å². The summed E-state index contributed by atoms with van der Waals surface area (Å²) in [6.07, 6.45) is -0.0169. The molecule has 2 aromatic rings. The molecule has 2 aromatic carbocycles. The maximum Gasteiger partial charge on any atom is 0.417 e. The van der Waals surface area contributed by atoms with Gasteiger partial charge in [-0.3, -0.25) is 4.79 Å². The summed E-state index contributed by atoms with van der Waals surface area (Å²) in [5, 5.41) is 8.92. The highest BCUT2D eigenvalue weighted by Gasteiger charge is 2.29. The van der Waals surface area contributed by atoms with Crippen LogP contribution in [0.3, 0.4) is 0 Å². The standard InChI is InChI=1S/C17H13O4/c18-10-21-9-16-13-4-2-1-3-12(13)14-6-5-11(7-15(14)16)8-17(19)20/h1-7,16H,8-9H2,(H,19,20). The molecule has 0 heterocycles. The molecule has 0 aliphatic heterocycles. The fourth-order valence-electron chi connectivity index (χ4n) is 2.94. The zero-order valence-corrected chi connectivity index (χ0v) is 11.2. The molecule has 1 aliphatic carbocycles. The van der Waals surface area contributed by atoms with Gasteiger partial charge < -0.3 is 9.84 Å². The van der Waals surface area contributed by atoms with Crippen molar-refractivity contribution in [2.75, 3.05) is 6.61 Å². The first-order valence-corrected chi connectivity index (χ1v) is 6.63. The largest absolute Gasteiger partial charge is 0.481 e. The molecule has 1 aliphatic rings. The van der Waals surface area contributed by atoms with Gasteiger partial charge in [0.15, 0.2) is 0 Å². The number of fused-ring (bicyclic) bond motifs is 3. The van der Waals surface area contributed by atoms with Crippen LogP contribution < -0.4 is 0 Å². The van der Waals surface area contributed by atoms with Crippen molar-refractivity contribution in [3.05, 3.63) is 59.2 Å². The van der Waals surface area contributed by atoms with Crippen LogP contribution in [0.2, 0.25) is 0 Å². The van der Waals surface area contributed by atoms with Gasteiger partial charge in [-0.2, -0.15) is 0 Å². The third-order valence-corrected chi connectivity index (χ3v) is 3.78. The number of carbonyl (C=O) groups excluding carboxylic acids is 1. The van der Waals surface area contributed by atoms with Gasteiger partial charge in [-0.25, -0.2) is 4.79 Å². The highest BCUT2D eigenvalue weighted by Crippen LogP contribution is 2.45. The van der Waals surface area contributed by atoms with E-state index >= 15 is 0 Å². The van der Waals surface area contributed by atoms with Gasteiger partial charge in [0.2, 0.25) is 0 Å². The van der Waals surface area contributed by atoms with Gasteiger partial charge in [0.25, 0.3) is 0 Å². The Labute approximate surface area is 122 Å². The van der Waals surface area contributed by atoms with E-state index in [2.05, 4.69) is 0 Å². The van der Waals surface area contributed by atoms with E-state index < -0.39 is 5.97 Å². The minimum atomic E-state index is -0.862. The Morgan fingerprint density at radius 2 is 1.90 bits per heavy atom. The summed E-state index contributed by atoms with van der Waals surface area (Å²) in [6, 6.07) is 13.6. The Kier molecular flexibility index (Phi) is 3.44. The van der Waals surface area contributed by atoms with E-state index in [1.807, 2.05) is 42.5 Å². The quantitative estimate of drug-likeness (QED) is 0.914. The van der Waals surface area contributed by atoms with Crippen LogP contribution in [0.1, 0.15) is 22.6 Å². The third-order valence-electron chi connectivity index (χ3n) is 3.78. The molecule has 21 heavy (non-hydrogen) atoms. The molecule has 105 valence electrons. The molecule has 1 N–H and O–H groups in total. The maximum atomic E-state index is 10.9. The van der Waals surface area contributed by atoms with E-state index in [1.165, 1.54) is 6.47 Å². The molecule has 0 saturated heterocycles. The van der Waals surface area contributed by atoms with Crippen LogP contribution >= 0.6 is 0 Å². The van der Waals surface area contributed by atoms with Crippen molar-refractivity contribution in [2.45, 2.75) is 12.3 Å². The third kappa shape index (κ3) is 2.40. The summed E-state index contributed by atoms with van der Waals surface area (Å²) in [4.78, 5) is 21.2. The molecular weight excluding hydrogens is 268 g/mol. The predicted molar refractivity (Wildman–Crippen MR) is 76.7 cm³/mol. The molecule has 4 heteroatoms. The lowest BCUT2D eigenvalue weighted by atomic mass is 9.96. The first kappa shape index (κ1) is 13.4. The summed E-state index contributed by atoms with van der Waals surface area (Å²) >= 11 is 0. The lowest BCUT2D eigenvalue weighted by Crippen LogP contribution is -2.07. The first-order chi connectivity index (χ1) is 10.2. The van der Waals surface area contributed by atoms with E-state index in [0.29, 0.717) is 0 Å². The average Bonchev–Trinajstić information content (AvgIpc) is 2.78. The molecule has 0 spiro atoms. The normalized spacial score (nSPS) is 15.1. The molecule has 0 bridgehead atoms. The van der Waals surface area contributed by atoms with Crippen molar-refractivity contribution < 1.29 is 19.4 Å². The SMILES string of the molecule is O=[C]OCC1c2ccccc2-c2ccc(CC(=O)O)cc21. The molecule has 3 rings (SSSR count). The number of hydrogen-bond donors (Lipinski definition) is 1. The van der Waals surface area contributed by atoms with Crippen molar-refractivity contribution in [1.29, 1.82) is 0 Å². The Bertz CT molecular complexity index is 706. The summed E-state index contributed by atoms with van der Waals surface area (Å²) in [5.41, 5.74) is 5.02. The van der Waals surface area contributed by atoms with Gasteiger partial charge in [-0.1, -0.05) is 42.5 Å². The fourth-order valence-corrected chi connectivity index (χ4v) is 2.94. The second-order valence-corrected chi connectivity index (χ2v) is 5.03. The number of carboxylic acid groups (broad SMARTS) is 1. The Hall–Kier alpha value is -2.62. The van der Waals surface area contributed by atoms with E-state index in [9.17, 15) is 9.59 Å².